The maximum absolute atomic E-state index is 10.6. The summed E-state index contributed by atoms with van der Waals surface area (Å²) in [5.74, 6) is -1.44. The summed E-state index contributed by atoms with van der Waals surface area (Å²) in [5, 5.41) is 21.0. The van der Waals surface area contributed by atoms with E-state index in [1.165, 1.54) is 4.90 Å². The lowest BCUT2D eigenvalue weighted by Crippen LogP contribution is -2.34. The van der Waals surface area contributed by atoms with Crippen molar-refractivity contribution in [2.45, 2.75) is 26.3 Å². The van der Waals surface area contributed by atoms with Crippen LogP contribution in [0.4, 0.5) is 0 Å². The summed E-state index contributed by atoms with van der Waals surface area (Å²) >= 11 is 0. The molecule has 1 rings (SSSR count). The van der Waals surface area contributed by atoms with Crippen molar-refractivity contribution in [3.63, 3.8) is 0 Å². The summed E-state index contributed by atoms with van der Waals surface area (Å²) in [4.78, 5) is 26.4. The molecule has 2 N–H and O–H groups in total. The molecule has 0 atom stereocenters. The zero-order valence-electron chi connectivity index (χ0n) is 10.00. The molecule has 0 fully saturated rings. The van der Waals surface area contributed by atoms with E-state index in [1.807, 2.05) is 6.92 Å². The van der Waals surface area contributed by atoms with Crippen molar-refractivity contribution in [2.75, 3.05) is 13.1 Å². The van der Waals surface area contributed by atoms with Crippen molar-refractivity contribution >= 4 is 11.9 Å². The van der Waals surface area contributed by atoms with E-state index in [0.717, 1.165) is 6.42 Å². The fourth-order valence-corrected chi connectivity index (χ4v) is 1.42. The van der Waals surface area contributed by atoms with E-state index in [0.29, 0.717) is 18.1 Å². The molecular formula is C10H15N3O5. The zero-order chi connectivity index (χ0) is 13.5. The molecule has 0 spiro atoms. The van der Waals surface area contributed by atoms with Gasteiger partial charge in [0.05, 0.1) is 19.6 Å². The molecule has 8 nitrogen and oxygen atoms in total. The first-order chi connectivity index (χ1) is 8.51. The van der Waals surface area contributed by atoms with Crippen LogP contribution in [0, 0.1) is 0 Å². The first kappa shape index (κ1) is 14.1. The van der Waals surface area contributed by atoms with E-state index in [1.54, 1.807) is 0 Å². The number of carbonyl (C=O) groups is 2. The largest absolute Gasteiger partial charge is 0.480 e. The second kappa shape index (κ2) is 6.70. The van der Waals surface area contributed by atoms with Gasteiger partial charge >= 0.3 is 11.9 Å². The van der Waals surface area contributed by atoms with Crippen molar-refractivity contribution < 1.29 is 24.3 Å². The number of hydrogen-bond acceptors (Lipinski definition) is 6. The molecule has 18 heavy (non-hydrogen) atoms. The van der Waals surface area contributed by atoms with Gasteiger partial charge < -0.3 is 14.7 Å². The average Bonchev–Trinajstić information content (AvgIpc) is 2.64. The average molecular weight is 257 g/mol. The molecular weight excluding hydrogens is 242 g/mol. The van der Waals surface area contributed by atoms with Crippen molar-refractivity contribution in [1.82, 2.24) is 15.0 Å². The molecule has 0 unspecified atom stereocenters. The molecule has 0 aliphatic heterocycles. The monoisotopic (exact) mass is 257 g/mol. The van der Waals surface area contributed by atoms with E-state index in [-0.39, 0.29) is 19.6 Å². The van der Waals surface area contributed by atoms with Gasteiger partial charge in [-0.15, -0.1) is 0 Å². The van der Waals surface area contributed by atoms with E-state index in [2.05, 4.69) is 10.1 Å². The number of aliphatic carboxylic acids is 2. The third kappa shape index (κ3) is 4.91. The summed E-state index contributed by atoms with van der Waals surface area (Å²) in [5.41, 5.74) is 0. The highest BCUT2D eigenvalue weighted by Crippen LogP contribution is 2.04. The minimum Gasteiger partial charge on any atom is -0.480 e. The van der Waals surface area contributed by atoms with Gasteiger partial charge in [0, 0.05) is 6.42 Å². The van der Waals surface area contributed by atoms with Crippen LogP contribution in [0.25, 0.3) is 0 Å². The van der Waals surface area contributed by atoms with Crippen molar-refractivity contribution in [3.8, 4) is 0 Å². The Morgan fingerprint density at radius 3 is 2.39 bits per heavy atom. The molecule has 1 aromatic heterocycles. The Labute approximate surface area is 103 Å². The molecule has 0 aromatic carbocycles. The van der Waals surface area contributed by atoms with Gasteiger partial charge in [0.15, 0.2) is 5.82 Å². The lowest BCUT2D eigenvalue weighted by Gasteiger charge is -2.14. The number of aromatic nitrogens is 2. The topological polar surface area (TPSA) is 117 Å². The fourth-order valence-electron chi connectivity index (χ4n) is 1.42. The van der Waals surface area contributed by atoms with E-state index in [4.69, 9.17) is 14.7 Å². The quantitative estimate of drug-likeness (QED) is 0.668. The summed E-state index contributed by atoms with van der Waals surface area (Å²) in [6.07, 6.45) is 1.50. The SMILES string of the molecule is CCCc1nc(CN(CC(=O)O)CC(=O)O)no1. The number of nitrogens with zero attached hydrogens (tertiary/aromatic N) is 3. The van der Waals surface area contributed by atoms with Gasteiger partial charge in [0.1, 0.15) is 0 Å². The Morgan fingerprint density at radius 2 is 1.89 bits per heavy atom. The van der Waals surface area contributed by atoms with Crippen LogP contribution in [0.15, 0.2) is 4.52 Å². The number of hydrogen-bond donors (Lipinski definition) is 2. The summed E-state index contributed by atoms with van der Waals surface area (Å²) in [7, 11) is 0. The van der Waals surface area contributed by atoms with Crippen LogP contribution in [0.3, 0.4) is 0 Å². The molecule has 1 heterocycles. The maximum atomic E-state index is 10.6. The van der Waals surface area contributed by atoms with Gasteiger partial charge in [-0.2, -0.15) is 4.98 Å². The second-order valence-electron chi connectivity index (χ2n) is 3.79. The van der Waals surface area contributed by atoms with Crippen LogP contribution < -0.4 is 0 Å². The molecule has 0 bridgehead atoms. The molecule has 8 heteroatoms. The molecule has 100 valence electrons. The Hall–Kier alpha value is -1.96. The van der Waals surface area contributed by atoms with Crippen LogP contribution in [0.1, 0.15) is 25.1 Å². The third-order valence-electron chi connectivity index (χ3n) is 2.06. The minimum absolute atomic E-state index is 0.0335. The zero-order valence-corrected chi connectivity index (χ0v) is 10.00. The van der Waals surface area contributed by atoms with E-state index < -0.39 is 11.9 Å². The third-order valence-corrected chi connectivity index (χ3v) is 2.06. The van der Waals surface area contributed by atoms with Crippen LogP contribution in [-0.4, -0.2) is 50.3 Å². The standard InChI is InChI=1S/C10H15N3O5/c1-2-3-8-11-7(12-18-8)4-13(5-9(14)15)6-10(16)17/h2-6H2,1H3,(H,14,15)(H,16,17). The molecule has 0 saturated heterocycles. The highest BCUT2D eigenvalue weighted by atomic mass is 16.5. The lowest BCUT2D eigenvalue weighted by atomic mass is 10.3. The predicted octanol–water partition coefficient (Wildman–Crippen LogP) is -0.00670. The molecule has 0 saturated carbocycles. The van der Waals surface area contributed by atoms with Gasteiger partial charge in [-0.1, -0.05) is 12.1 Å². The van der Waals surface area contributed by atoms with Gasteiger partial charge in [0.25, 0.3) is 0 Å². The first-order valence-corrected chi connectivity index (χ1v) is 5.48. The summed E-state index contributed by atoms with van der Waals surface area (Å²) in [6.45, 7) is 1.23. The highest BCUT2D eigenvalue weighted by molar-refractivity contribution is 5.72. The van der Waals surface area contributed by atoms with Crippen LogP contribution in [0.2, 0.25) is 0 Å². The molecule has 0 aliphatic rings. The Kier molecular flexibility index (Phi) is 5.25. The maximum Gasteiger partial charge on any atom is 0.317 e. The number of carboxylic acid groups (broad SMARTS) is 2. The normalized spacial score (nSPS) is 10.8. The van der Waals surface area contributed by atoms with Gasteiger partial charge in [-0.05, 0) is 6.42 Å². The predicted molar refractivity (Wildman–Crippen MR) is 58.8 cm³/mol. The summed E-state index contributed by atoms with van der Waals surface area (Å²) < 4.78 is 4.93. The molecule has 0 radical (unpaired) electrons. The highest BCUT2D eigenvalue weighted by Gasteiger charge is 2.16. The van der Waals surface area contributed by atoms with Crippen molar-refractivity contribution in [2.24, 2.45) is 0 Å². The smallest absolute Gasteiger partial charge is 0.317 e. The number of carboxylic acids is 2. The van der Waals surface area contributed by atoms with Crippen molar-refractivity contribution in [3.05, 3.63) is 11.7 Å². The molecule has 1 aromatic rings. The van der Waals surface area contributed by atoms with Crippen LogP contribution in [-0.2, 0) is 22.6 Å². The van der Waals surface area contributed by atoms with Crippen molar-refractivity contribution in [1.29, 1.82) is 0 Å². The Balaban J connectivity index is 2.62. The Morgan fingerprint density at radius 1 is 1.28 bits per heavy atom. The van der Waals surface area contributed by atoms with Gasteiger partial charge in [-0.3, -0.25) is 14.5 Å². The Bertz CT molecular complexity index is 401. The second-order valence-corrected chi connectivity index (χ2v) is 3.79. The minimum atomic E-state index is -1.10. The summed E-state index contributed by atoms with van der Waals surface area (Å²) in [6, 6.07) is 0. The van der Waals surface area contributed by atoms with E-state index >= 15 is 0 Å². The first-order valence-electron chi connectivity index (χ1n) is 5.48. The molecule has 0 aliphatic carbocycles. The molecule has 0 amide bonds. The van der Waals surface area contributed by atoms with E-state index in [9.17, 15) is 9.59 Å². The van der Waals surface area contributed by atoms with Gasteiger partial charge in [-0.25, -0.2) is 0 Å². The fraction of sp³-hybridized carbons (Fsp3) is 0.600. The van der Waals surface area contributed by atoms with Gasteiger partial charge in [0.2, 0.25) is 5.89 Å². The van der Waals surface area contributed by atoms with Crippen LogP contribution in [0.5, 0.6) is 0 Å². The lowest BCUT2D eigenvalue weighted by molar-refractivity contribution is -0.142. The number of aryl methyl sites for hydroxylation is 1. The number of rotatable bonds is 8. The van der Waals surface area contributed by atoms with Crippen LogP contribution >= 0.6 is 0 Å².